The molecule has 5 rings (SSSR count). The number of aromatic amines is 1. The number of hydrogen-bond acceptors (Lipinski definition) is 5. The van der Waals surface area contributed by atoms with E-state index in [-0.39, 0.29) is 5.56 Å². The molecule has 0 aliphatic carbocycles. The maximum atomic E-state index is 11.4. The second-order valence-corrected chi connectivity index (χ2v) is 7.81. The number of benzene rings is 1. The van der Waals surface area contributed by atoms with Crippen molar-refractivity contribution in [2.75, 3.05) is 0 Å². The van der Waals surface area contributed by atoms with Crippen LogP contribution in [0.25, 0.3) is 38.9 Å². The van der Waals surface area contributed by atoms with Crippen LogP contribution in [0.1, 0.15) is 11.9 Å². The molecule has 4 heterocycles. The van der Waals surface area contributed by atoms with Crippen LogP contribution in [0, 0.1) is 0 Å². The van der Waals surface area contributed by atoms with E-state index >= 15 is 0 Å². The number of pyridine rings is 3. The number of nitrogens with two attached hydrogens (primary N) is 1. The van der Waals surface area contributed by atoms with Gasteiger partial charge in [0.2, 0.25) is 5.56 Å². The molecule has 0 spiro atoms. The molecule has 0 saturated carbocycles. The summed E-state index contributed by atoms with van der Waals surface area (Å²) < 4.78 is 1.71. The van der Waals surface area contributed by atoms with E-state index in [1.165, 1.54) is 6.07 Å². The molecule has 0 radical (unpaired) electrons. The number of H-pyrrole nitrogens is 1. The lowest BCUT2D eigenvalue weighted by atomic mass is 10.1. The quantitative estimate of drug-likeness (QED) is 0.356. The van der Waals surface area contributed by atoms with E-state index in [0.717, 1.165) is 16.5 Å². The van der Waals surface area contributed by atoms with Crippen LogP contribution < -0.4 is 11.3 Å². The molecule has 0 saturated heterocycles. The van der Waals surface area contributed by atoms with Crippen LogP contribution in [0.3, 0.4) is 0 Å². The molecule has 31 heavy (non-hydrogen) atoms. The molecule has 0 amide bonds. The van der Waals surface area contributed by atoms with Crippen molar-refractivity contribution < 1.29 is 5.11 Å². The first-order valence-electron chi connectivity index (χ1n) is 9.32. The molecule has 0 fully saturated rings. The molecule has 1 aromatic carbocycles. The highest BCUT2D eigenvalue weighted by Crippen LogP contribution is 2.38. The molecule has 5 aromatic rings. The summed E-state index contributed by atoms with van der Waals surface area (Å²) in [5.41, 5.74) is 9.82. The minimum atomic E-state index is -1.31. The zero-order valence-corrected chi connectivity index (χ0v) is 17.4. The van der Waals surface area contributed by atoms with E-state index in [2.05, 4.69) is 9.97 Å². The van der Waals surface area contributed by atoms with Gasteiger partial charge in [-0.2, -0.15) is 0 Å². The van der Waals surface area contributed by atoms with Crippen molar-refractivity contribution in [3.8, 4) is 22.4 Å². The Bertz CT molecular complexity index is 1480. The highest BCUT2D eigenvalue weighted by atomic mass is 35.5. The van der Waals surface area contributed by atoms with Gasteiger partial charge in [0.15, 0.2) is 0 Å². The average Bonchev–Trinajstić information content (AvgIpc) is 3.13. The fourth-order valence-electron chi connectivity index (χ4n) is 3.66. The topological polar surface area (TPSA) is 109 Å². The first-order chi connectivity index (χ1) is 14.9. The predicted molar refractivity (Wildman–Crippen MR) is 121 cm³/mol. The SMILES string of the molecule is NC(O)c1c(-c2c(Cl)cccc2Cl)nc2c3cc(-c4ccc(=O)[nH]c4)cnc3ccn12. The van der Waals surface area contributed by atoms with Crippen LogP contribution in [0.2, 0.25) is 10.0 Å². The third kappa shape index (κ3) is 3.28. The smallest absolute Gasteiger partial charge is 0.247 e. The van der Waals surface area contributed by atoms with Crippen molar-refractivity contribution in [3.05, 3.63) is 87.1 Å². The first-order valence-corrected chi connectivity index (χ1v) is 10.1. The average molecular weight is 452 g/mol. The molecule has 0 bridgehead atoms. The van der Waals surface area contributed by atoms with Gasteiger partial charge in [-0.1, -0.05) is 29.3 Å². The van der Waals surface area contributed by atoms with E-state index < -0.39 is 6.23 Å². The first kappa shape index (κ1) is 19.7. The molecule has 7 nitrogen and oxygen atoms in total. The molecule has 0 aliphatic heterocycles. The van der Waals surface area contributed by atoms with Crippen molar-refractivity contribution >= 4 is 39.8 Å². The summed E-state index contributed by atoms with van der Waals surface area (Å²) >= 11 is 12.8. The number of aliphatic hydroxyl groups is 1. The van der Waals surface area contributed by atoms with Gasteiger partial charge in [0.25, 0.3) is 0 Å². The highest BCUT2D eigenvalue weighted by Gasteiger charge is 2.23. The zero-order valence-electron chi connectivity index (χ0n) is 15.9. The van der Waals surface area contributed by atoms with Gasteiger partial charge in [0.1, 0.15) is 11.9 Å². The second kappa shape index (κ2) is 7.47. The van der Waals surface area contributed by atoms with Gasteiger partial charge < -0.3 is 15.8 Å². The van der Waals surface area contributed by atoms with Gasteiger partial charge in [-0.05, 0) is 35.9 Å². The van der Waals surface area contributed by atoms with Crippen LogP contribution in [0.5, 0.6) is 0 Å². The standard InChI is InChI=1S/C22H15Cl2N5O2/c23-14-2-1-3-15(24)18(14)19-20(21(25)31)29-7-6-16-13(22(29)28-19)8-12(10-26-16)11-4-5-17(30)27-9-11/h1-10,21,31H,25H2,(H,27,30). The van der Waals surface area contributed by atoms with Gasteiger partial charge in [-0.15, -0.1) is 0 Å². The lowest BCUT2D eigenvalue weighted by molar-refractivity contribution is 0.181. The van der Waals surface area contributed by atoms with Crippen LogP contribution >= 0.6 is 23.2 Å². The van der Waals surface area contributed by atoms with Gasteiger partial charge in [-0.25, -0.2) is 4.98 Å². The summed E-state index contributed by atoms with van der Waals surface area (Å²) in [5, 5.41) is 11.9. The number of halogens is 2. The Morgan fingerprint density at radius 3 is 2.55 bits per heavy atom. The van der Waals surface area contributed by atoms with Crippen LogP contribution in [-0.2, 0) is 0 Å². The normalized spacial score (nSPS) is 12.5. The van der Waals surface area contributed by atoms with E-state index in [1.54, 1.807) is 47.3 Å². The summed E-state index contributed by atoms with van der Waals surface area (Å²) in [6, 6.07) is 12.0. The minimum absolute atomic E-state index is 0.184. The minimum Gasteiger partial charge on any atom is -0.373 e. The zero-order chi connectivity index (χ0) is 21.7. The second-order valence-electron chi connectivity index (χ2n) is 6.99. The van der Waals surface area contributed by atoms with Crippen molar-refractivity contribution in [3.63, 3.8) is 0 Å². The third-order valence-electron chi connectivity index (χ3n) is 5.09. The Morgan fingerprint density at radius 1 is 1.10 bits per heavy atom. The number of aromatic nitrogens is 4. The fourth-order valence-corrected chi connectivity index (χ4v) is 4.23. The number of aliphatic hydroxyl groups excluding tert-OH is 1. The number of hydrogen-bond donors (Lipinski definition) is 3. The Hall–Kier alpha value is -3.23. The van der Waals surface area contributed by atoms with Gasteiger partial charge in [-0.3, -0.25) is 14.2 Å². The maximum absolute atomic E-state index is 11.4. The third-order valence-corrected chi connectivity index (χ3v) is 5.72. The van der Waals surface area contributed by atoms with Crippen molar-refractivity contribution in [2.45, 2.75) is 6.23 Å². The Kier molecular flexibility index (Phi) is 4.75. The molecule has 4 N–H and O–H groups in total. The number of nitrogens with zero attached hydrogens (tertiary/aromatic N) is 3. The summed E-state index contributed by atoms with van der Waals surface area (Å²) in [6.07, 6.45) is 3.78. The van der Waals surface area contributed by atoms with Crippen molar-refractivity contribution in [1.82, 2.24) is 19.4 Å². The Balaban J connectivity index is 1.83. The van der Waals surface area contributed by atoms with Gasteiger partial charge in [0.05, 0.1) is 26.9 Å². The number of fused-ring (bicyclic) bond motifs is 3. The van der Waals surface area contributed by atoms with Crippen LogP contribution in [0.4, 0.5) is 0 Å². The molecule has 9 heteroatoms. The summed E-state index contributed by atoms with van der Waals surface area (Å²) in [4.78, 5) is 23.3. The number of rotatable bonds is 3. The van der Waals surface area contributed by atoms with Crippen LogP contribution in [0.15, 0.2) is 65.8 Å². The summed E-state index contributed by atoms with van der Waals surface area (Å²) in [7, 11) is 0. The fraction of sp³-hybridized carbons (Fsp3) is 0.0455. The molecule has 4 aromatic heterocycles. The predicted octanol–water partition coefficient (Wildman–Crippen LogP) is 4.16. The largest absolute Gasteiger partial charge is 0.373 e. The van der Waals surface area contributed by atoms with E-state index in [4.69, 9.17) is 33.9 Å². The Labute approximate surface area is 185 Å². The molecule has 1 atom stereocenters. The van der Waals surface area contributed by atoms with Crippen LogP contribution in [-0.4, -0.2) is 24.5 Å². The molecular weight excluding hydrogens is 437 g/mol. The Morgan fingerprint density at radius 2 is 1.87 bits per heavy atom. The molecule has 154 valence electrons. The van der Waals surface area contributed by atoms with Crippen molar-refractivity contribution in [2.24, 2.45) is 5.73 Å². The molecule has 0 aliphatic rings. The molecule has 1 unspecified atom stereocenters. The summed E-state index contributed by atoms with van der Waals surface area (Å²) in [6.45, 7) is 0. The van der Waals surface area contributed by atoms with Crippen molar-refractivity contribution in [1.29, 1.82) is 0 Å². The summed E-state index contributed by atoms with van der Waals surface area (Å²) in [5.74, 6) is 0. The van der Waals surface area contributed by atoms with E-state index in [0.29, 0.717) is 38.2 Å². The maximum Gasteiger partial charge on any atom is 0.247 e. The molecular formula is C22H15Cl2N5O2. The van der Waals surface area contributed by atoms with Gasteiger partial charge >= 0.3 is 0 Å². The van der Waals surface area contributed by atoms with E-state index in [9.17, 15) is 9.90 Å². The lowest BCUT2D eigenvalue weighted by Gasteiger charge is -2.10. The monoisotopic (exact) mass is 451 g/mol. The number of imidazole rings is 1. The lowest BCUT2D eigenvalue weighted by Crippen LogP contribution is -2.12. The van der Waals surface area contributed by atoms with Gasteiger partial charge in [0, 0.05) is 41.2 Å². The number of nitrogens with one attached hydrogen (secondary N) is 1. The van der Waals surface area contributed by atoms with E-state index in [1.807, 2.05) is 12.1 Å². The highest BCUT2D eigenvalue weighted by molar-refractivity contribution is 6.39.